The van der Waals surface area contributed by atoms with Crippen LogP contribution in [0.3, 0.4) is 0 Å². The van der Waals surface area contributed by atoms with Gasteiger partial charge in [0.15, 0.2) is 0 Å². The molecule has 0 aromatic carbocycles. The number of hydrogen-bond donors (Lipinski definition) is 1. The summed E-state index contributed by atoms with van der Waals surface area (Å²) >= 11 is 0. The summed E-state index contributed by atoms with van der Waals surface area (Å²) < 4.78 is 0. The van der Waals surface area contributed by atoms with Crippen molar-refractivity contribution in [1.29, 1.82) is 0 Å². The van der Waals surface area contributed by atoms with Crippen LogP contribution in [-0.2, 0) is 0 Å². The van der Waals surface area contributed by atoms with Crippen LogP contribution in [0.5, 0.6) is 0 Å². The number of likely N-dealkylation sites (tertiary alicyclic amines) is 1. The third-order valence-corrected chi connectivity index (χ3v) is 3.83. The second-order valence-corrected chi connectivity index (χ2v) is 5.33. The quantitative estimate of drug-likeness (QED) is 0.500. The molecule has 1 fully saturated rings. The van der Waals surface area contributed by atoms with Crippen molar-refractivity contribution in [3.05, 3.63) is 12.2 Å². The van der Waals surface area contributed by atoms with E-state index < -0.39 is 0 Å². The summed E-state index contributed by atoms with van der Waals surface area (Å²) in [7, 11) is 0. The fourth-order valence-electron chi connectivity index (χ4n) is 2.81. The Kier molecular flexibility index (Phi) is 7.56. The molecule has 3 nitrogen and oxygen atoms in total. The van der Waals surface area contributed by atoms with Crippen LogP contribution in [-0.4, -0.2) is 61.7 Å². The third-order valence-electron chi connectivity index (χ3n) is 3.83. The molecule has 0 spiro atoms. The van der Waals surface area contributed by atoms with Crippen LogP contribution in [0.25, 0.3) is 0 Å². The summed E-state index contributed by atoms with van der Waals surface area (Å²) in [5, 5.41) is 3.43. The van der Waals surface area contributed by atoms with Gasteiger partial charge in [-0.2, -0.15) is 0 Å². The Morgan fingerprint density at radius 2 is 2.06 bits per heavy atom. The first-order valence-electron chi connectivity index (χ1n) is 7.54. The Morgan fingerprint density at radius 1 is 1.33 bits per heavy atom. The number of nitrogens with zero attached hydrogens (tertiary/aromatic N) is 2. The molecule has 0 aromatic rings. The number of rotatable bonds is 9. The first-order valence-corrected chi connectivity index (χ1v) is 7.54. The Balaban J connectivity index is 2.23. The third kappa shape index (κ3) is 5.09. The van der Waals surface area contributed by atoms with E-state index in [9.17, 15) is 0 Å². The summed E-state index contributed by atoms with van der Waals surface area (Å²) in [6.45, 7) is 18.8. The SMILES string of the molecule is C=C(CNCCC)CN1CCC(N(CC)CC)C1. The van der Waals surface area contributed by atoms with Crippen molar-refractivity contribution in [3.8, 4) is 0 Å². The van der Waals surface area contributed by atoms with Crippen molar-refractivity contribution >= 4 is 0 Å². The largest absolute Gasteiger partial charge is 0.313 e. The van der Waals surface area contributed by atoms with Gasteiger partial charge in [0, 0.05) is 32.2 Å². The lowest BCUT2D eigenvalue weighted by Crippen LogP contribution is -2.37. The minimum absolute atomic E-state index is 0.761. The van der Waals surface area contributed by atoms with E-state index >= 15 is 0 Å². The van der Waals surface area contributed by atoms with Gasteiger partial charge in [0.05, 0.1) is 0 Å². The zero-order valence-electron chi connectivity index (χ0n) is 12.5. The van der Waals surface area contributed by atoms with Crippen LogP contribution in [0.1, 0.15) is 33.6 Å². The van der Waals surface area contributed by atoms with Gasteiger partial charge < -0.3 is 5.32 Å². The van der Waals surface area contributed by atoms with E-state index in [2.05, 4.69) is 42.5 Å². The monoisotopic (exact) mass is 253 g/mol. The highest BCUT2D eigenvalue weighted by Gasteiger charge is 2.25. The topological polar surface area (TPSA) is 18.5 Å². The highest BCUT2D eigenvalue weighted by atomic mass is 15.2. The highest BCUT2D eigenvalue weighted by Crippen LogP contribution is 2.16. The van der Waals surface area contributed by atoms with Crippen molar-refractivity contribution < 1.29 is 0 Å². The van der Waals surface area contributed by atoms with Crippen molar-refractivity contribution in [3.63, 3.8) is 0 Å². The maximum Gasteiger partial charge on any atom is 0.0235 e. The standard InChI is InChI=1S/C15H31N3/c1-5-9-16-11-14(4)12-17-10-8-15(13-17)18(6-2)7-3/h15-16H,4-13H2,1-3H3. The molecule has 1 unspecified atom stereocenters. The molecule has 0 aromatic heterocycles. The minimum atomic E-state index is 0.761. The van der Waals surface area contributed by atoms with Crippen LogP contribution in [0.15, 0.2) is 12.2 Å². The van der Waals surface area contributed by atoms with E-state index in [0.717, 1.165) is 25.7 Å². The number of hydrogen-bond acceptors (Lipinski definition) is 3. The second kappa shape index (κ2) is 8.68. The van der Waals surface area contributed by atoms with Gasteiger partial charge in [0.25, 0.3) is 0 Å². The van der Waals surface area contributed by atoms with Gasteiger partial charge in [-0.1, -0.05) is 27.4 Å². The maximum absolute atomic E-state index is 4.18. The molecule has 0 radical (unpaired) electrons. The van der Waals surface area contributed by atoms with Gasteiger partial charge in [0.1, 0.15) is 0 Å². The van der Waals surface area contributed by atoms with E-state index in [-0.39, 0.29) is 0 Å². The van der Waals surface area contributed by atoms with Crippen LogP contribution >= 0.6 is 0 Å². The maximum atomic E-state index is 4.18. The van der Waals surface area contributed by atoms with Crippen LogP contribution in [0.4, 0.5) is 0 Å². The van der Waals surface area contributed by atoms with Gasteiger partial charge in [0.2, 0.25) is 0 Å². The summed E-state index contributed by atoms with van der Waals surface area (Å²) in [6.07, 6.45) is 2.51. The first-order chi connectivity index (χ1) is 8.71. The zero-order valence-corrected chi connectivity index (χ0v) is 12.5. The van der Waals surface area contributed by atoms with Crippen LogP contribution in [0, 0.1) is 0 Å². The molecule has 18 heavy (non-hydrogen) atoms. The van der Waals surface area contributed by atoms with Gasteiger partial charge >= 0.3 is 0 Å². The predicted molar refractivity (Wildman–Crippen MR) is 80.1 cm³/mol. The lowest BCUT2D eigenvalue weighted by molar-refractivity contribution is 0.214. The fraction of sp³-hybridized carbons (Fsp3) is 0.867. The van der Waals surface area contributed by atoms with E-state index in [0.29, 0.717) is 0 Å². The summed E-state index contributed by atoms with van der Waals surface area (Å²) in [4.78, 5) is 5.14. The molecule has 1 saturated heterocycles. The lowest BCUT2D eigenvalue weighted by atomic mass is 10.2. The highest BCUT2D eigenvalue weighted by molar-refractivity contribution is 5.01. The molecular weight excluding hydrogens is 222 g/mol. The van der Waals surface area contributed by atoms with Gasteiger partial charge in [-0.3, -0.25) is 9.80 Å². The lowest BCUT2D eigenvalue weighted by Gasteiger charge is -2.26. The van der Waals surface area contributed by atoms with Crippen LogP contribution in [0.2, 0.25) is 0 Å². The molecule has 0 saturated carbocycles. The van der Waals surface area contributed by atoms with Crippen molar-refractivity contribution in [2.75, 3.05) is 45.8 Å². The fourth-order valence-corrected chi connectivity index (χ4v) is 2.81. The molecule has 0 aliphatic carbocycles. The Hall–Kier alpha value is -0.380. The predicted octanol–water partition coefficient (Wildman–Crippen LogP) is 1.96. The molecule has 0 bridgehead atoms. The average molecular weight is 253 g/mol. The van der Waals surface area contributed by atoms with Gasteiger partial charge in [-0.05, 0) is 38.0 Å². The van der Waals surface area contributed by atoms with E-state index in [1.54, 1.807) is 0 Å². The normalized spacial score (nSPS) is 20.8. The molecular formula is C15H31N3. The molecule has 106 valence electrons. The van der Waals surface area contributed by atoms with Crippen molar-refractivity contribution in [2.24, 2.45) is 0 Å². The van der Waals surface area contributed by atoms with Gasteiger partial charge in [-0.25, -0.2) is 0 Å². The molecule has 1 heterocycles. The molecule has 3 heteroatoms. The van der Waals surface area contributed by atoms with Crippen molar-refractivity contribution in [1.82, 2.24) is 15.1 Å². The second-order valence-electron chi connectivity index (χ2n) is 5.33. The Morgan fingerprint density at radius 3 is 2.67 bits per heavy atom. The number of nitrogens with one attached hydrogen (secondary N) is 1. The summed E-state index contributed by atoms with van der Waals surface area (Å²) in [5.41, 5.74) is 1.32. The zero-order chi connectivity index (χ0) is 13.4. The molecule has 1 aliphatic rings. The first kappa shape index (κ1) is 15.7. The molecule has 1 N–H and O–H groups in total. The Labute approximate surface area is 113 Å². The minimum Gasteiger partial charge on any atom is -0.313 e. The molecule has 1 atom stereocenters. The summed E-state index contributed by atoms with van der Waals surface area (Å²) in [5.74, 6) is 0. The molecule has 1 aliphatic heterocycles. The van der Waals surface area contributed by atoms with Crippen LogP contribution < -0.4 is 5.32 Å². The smallest absolute Gasteiger partial charge is 0.0235 e. The summed E-state index contributed by atoms with van der Waals surface area (Å²) in [6, 6.07) is 0.761. The van der Waals surface area contributed by atoms with E-state index in [1.165, 1.54) is 44.6 Å². The number of likely N-dealkylation sites (N-methyl/N-ethyl adjacent to an activating group) is 1. The molecule has 1 rings (SSSR count). The van der Waals surface area contributed by atoms with E-state index in [4.69, 9.17) is 0 Å². The molecule has 0 amide bonds. The Bertz CT molecular complexity index is 236. The van der Waals surface area contributed by atoms with E-state index in [1.807, 2.05) is 0 Å². The average Bonchev–Trinajstić information content (AvgIpc) is 2.79. The van der Waals surface area contributed by atoms with Gasteiger partial charge in [-0.15, -0.1) is 0 Å². The van der Waals surface area contributed by atoms with Crippen molar-refractivity contribution in [2.45, 2.75) is 39.7 Å².